The fourth-order valence-electron chi connectivity index (χ4n) is 3.00. The summed E-state index contributed by atoms with van der Waals surface area (Å²) < 4.78 is 37.6. The van der Waals surface area contributed by atoms with E-state index in [-0.39, 0.29) is 23.1 Å². The Morgan fingerprint density at radius 3 is 2.23 bits per heavy atom. The Hall–Kier alpha value is -2.35. The molecule has 1 aromatic carbocycles. The number of amides is 1. The highest BCUT2D eigenvalue weighted by Gasteiger charge is 2.27. The standard InChI is InChI=1S/C18H22F3N3O.C4H8O/c1-10-6-14(16(25)22-5)24-15-12(10)7-11(23-9-18(19,20)21)8-13(15)17(2,3)4;5-4-2-1-3-4/h6-8,23H,9H2,1-5H3,(H,22,25);4-5H,1-3H2. The summed E-state index contributed by atoms with van der Waals surface area (Å²) in [7, 11) is 1.53. The zero-order valence-electron chi connectivity index (χ0n) is 18.1. The normalized spacial score (nSPS) is 14.6. The molecule has 8 heteroatoms. The van der Waals surface area contributed by atoms with E-state index in [9.17, 15) is 18.0 Å². The number of aryl methyl sites for hydroxylation is 1. The molecule has 3 rings (SSSR count). The summed E-state index contributed by atoms with van der Waals surface area (Å²) in [5.74, 6) is -0.302. The average Bonchev–Trinajstić information content (AvgIpc) is 2.62. The number of hydrogen-bond acceptors (Lipinski definition) is 4. The smallest absolute Gasteiger partial charge is 0.393 e. The third-order valence-electron chi connectivity index (χ3n) is 4.96. The van der Waals surface area contributed by atoms with Gasteiger partial charge >= 0.3 is 6.18 Å². The van der Waals surface area contributed by atoms with Crippen LogP contribution in [0.15, 0.2) is 18.2 Å². The van der Waals surface area contributed by atoms with Gasteiger partial charge in [0.1, 0.15) is 12.2 Å². The van der Waals surface area contributed by atoms with Gasteiger partial charge in [-0.2, -0.15) is 13.2 Å². The van der Waals surface area contributed by atoms with Crippen molar-refractivity contribution in [3.8, 4) is 0 Å². The van der Waals surface area contributed by atoms with E-state index in [1.165, 1.54) is 13.5 Å². The molecular weight excluding hydrogens is 395 g/mol. The van der Waals surface area contributed by atoms with Crippen LogP contribution >= 0.6 is 0 Å². The van der Waals surface area contributed by atoms with Crippen molar-refractivity contribution in [1.82, 2.24) is 10.3 Å². The monoisotopic (exact) mass is 425 g/mol. The Labute approximate surface area is 175 Å². The molecule has 0 spiro atoms. The number of hydrogen-bond donors (Lipinski definition) is 3. The largest absolute Gasteiger partial charge is 0.405 e. The van der Waals surface area contributed by atoms with Crippen LogP contribution in [0.1, 0.15) is 61.6 Å². The molecule has 0 aliphatic heterocycles. The lowest BCUT2D eigenvalue weighted by atomic mass is 9.84. The summed E-state index contributed by atoms with van der Waals surface area (Å²) in [6, 6.07) is 4.96. The van der Waals surface area contributed by atoms with Gasteiger partial charge in [0, 0.05) is 18.1 Å². The molecule has 0 atom stereocenters. The van der Waals surface area contributed by atoms with Crippen LogP contribution in [0.3, 0.4) is 0 Å². The van der Waals surface area contributed by atoms with Crippen molar-refractivity contribution in [1.29, 1.82) is 0 Å². The van der Waals surface area contributed by atoms with Crippen LogP contribution in [-0.4, -0.2) is 41.9 Å². The number of nitrogens with zero attached hydrogens (tertiary/aromatic N) is 1. The molecule has 5 nitrogen and oxygen atoms in total. The topological polar surface area (TPSA) is 74.2 Å². The van der Waals surface area contributed by atoms with E-state index in [2.05, 4.69) is 15.6 Å². The second-order valence-corrected chi connectivity index (χ2v) is 8.63. The number of pyridine rings is 1. The van der Waals surface area contributed by atoms with Crippen molar-refractivity contribution in [2.45, 2.75) is 64.7 Å². The van der Waals surface area contributed by atoms with Gasteiger partial charge in [-0.05, 0) is 60.9 Å². The molecule has 1 heterocycles. The van der Waals surface area contributed by atoms with E-state index in [0.29, 0.717) is 11.2 Å². The third kappa shape index (κ3) is 6.32. The van der Waals surface area contributed by atoms with Gasteiger partial charge in [0.25, 0.3) is 5.91 Å². The fourth-order valence-corrected chi connectivity index (χ4v) is 3.00. The molecular formula is C22H30F3N3O2. The van der Waals surface area contributed by atoms with Crippen LogP contribution in [0.5, 0.6) is 0 Å². The van der Waals surface area contributed by atoms with Crippen molar-refractivity contribution in [3.05, 3.63) is 35.0 Å². The number of aliphatic hydroxyl groups excluding tert-OH is 1. The third-order valence-corrected chi connectivity index (χ3v) is 4.96. The zero-order valence-corrected chi connectivity index (χ0v) is 18.1. The number of carbonyl (C=O) groups is 1. The second kappa shape index (κ2) is 9.20. The zero-order chi connectivity index (χ0) is 22.7. The Kier molecular flexibility index (Phi) is 7.34. The van der Waals surface area contributed by atoms with Crippen LogP contribution < -0.4 is 10.6 Å². The molecule has 0 radical (unpaired) electrons. The maximum atomic E-state index is 12.5. The lowest BCUT2D eigenvalue weighted by Crippen LogP contribution is -2.22. The van der Waals surface area contributed by atoms with Crippen molar-refractivity contribution < 1.29 is 23.1 Å². The van der Waals surface area contributed by atoms with Gasteiger partial charge in [0.05, 0.1) is 11.6 Å². The second-order valence-electron chi connectivity index (χ2n) is 8.63. The molecule has 0 saturated heterocycles. The van der Waals surface area contributed by atoms with E-state index >= 15 is 0 Å². The van der Waals surface area contributed by atoms with E-state index in [1.54, 1.807) is 18.2 Å². The molecule has 0 unspecified atom stereocenters. The highest BCUT2D eigenvalue weighted by Crippen LogP contribution is 2.34. The number of halogens is 3. The summed E-state index contributed by atoms with van der Waals surface area (Å²) in [4.78, 5) is 16.4. The van der Waals surface area contributed by atoms with Gasteiger partial charge in [-0.1, -0.05) is 20.8 Å². The number of nitrogens with one attached hydrogen (secondary N) is 2. The lowest BCUT2D eigenvalue weighted by Gasteiger charge is -2.23. The van der Waals surface area contributed by atoms with Crippen molar-refractivity contribution in [2.24, 2.45) is 0 Å². The fraction of sp³-hybridized carbons (Fsp3) is 0.545. The first-order chi connectivity index (χ1) is 13.8. The number of benzene rings is 1. The summed E-state index contributed by atoms with van der Waals surface area (Å²) >= 11 is 0. The Bertz CT molecular complexity index is 901. The maximum Gasteiger partial charge on any atom is 0.405 e. The summed E-state index contributed by atoms with van der Waals surface area (Å²) in [5.41, 5.74) is 2.51. The minimum atomic E-state index is -4.30. The maximum absolute atomic E-state index is 12.5. The molecule has 166 valence electrons. The molecule has 1 saturated carbocycles. The van der Waals surface area contributed by atoms with E-state index < -0.39 is 12.7 Å². The Balaban J connectivity index is 0.000000558. The Morgan fingerprint density at radius 2 is 1.80 bits per heavy atom. The number of fused-ring (bicyclic) bond motifs is 1. The number of aliphatic hydroxyl groups is 1. The van der Waals surface area contributed by atoms with Gasteiger partial charge in [0.15, 0.2) is 0 Å². The predicted molar refractivity (Wildman–Crippen MR) is 113 cm³/mol. The minimum absolute atomic E-state index is 0.0648. The molecule has 3 N–H and O–H groups in total. The molecule has 1 aromatic heterocycles. The quantitative estimate of drug-likeness (QED) is 0.666. The van der Waals surface area contributed by atoms with Gasteiger partial charge in [-0.25, -0.2) is 4.98 Å². The first-order valence-electron chi connectivity index (χ1n) is 9.98. The van der Waals surface area contributed by atoms with Crippen LogP contribution in [0.25, 0.3) is 10.9 Å². The molecule has 1 aliphatic carbocycles. The number of alkyl halides is 3. The van der Waals surface area contributed by atoms with Crippen LogP contribution in [0.2, 0.25) is 0 Å². The van der Waals surface area contributed by atoms with E-state index in [0.717, 1.165) is 29.4 Å². The minimum Gasteiger partial charge on any atom is -0.393 e. The number of rotatable bonds is 3. The van der Waals surface area contributed by atoms with Crippen LogP contribution in [0, 0.1) is 6.92 Å². The molecule has 0 bridgehead atoms. The molecule has 1 fully saturated rings. The SMILES string of the molecule is CNC(=O)c1cc(C)c2cc(NCC(F)(F)F)cc(C(C)(C)C)c2n1.OC1CCC1. The van der Waals surface area contributed by atoms with Gasteiger partial charge in [-0.3, -0.25) is 4.79 Å². The van der Waals surface area contributed by atoms with E-state index in [1.807, 2.05) is 27.7 Å². The van der Waals surface area contributed by atoms with Crippen molar-refractivity contribution in [3.63, 3.8) is 0 Å². The average molecular weight is 425 g/mol. The highest BCUT2D eigenvalue weighted by molar-refractivity contribution is 5.97. The van der Waals surface area contributed by atoms with Gasteiger partial charge in [-0.15, -0.1) is 0 Å². The molecule has 30 heavy (non-hydrogen) atoms. The number of carbonyl (C=O) groups excluding carboxylic acids is 1. The first-order valence-corrected chi connectivity index (χ1v) is 9.98. The van der Waals surface area contributed by atoms with Crippen LogP contribution in [0.4, 0.5) is 18.9 Å². The van der Waals surface area contributed by atoms with E-state index in [4.69, 9.17) is 5.11 Å². The molecule has 1 aliphatic rings. The lowest BCUT2D eigenvalue weighted by molar-refractivity contribution is -0.115. The highest BCUT2D eigenvalue weighted by atomic mass is 19.4. The molecule has 1 amide bonds. The predicted octanol–water partition coefficient (Wildman–Crippen LogP) is 4.71. The van der Waals surface area contributed by atoms with Gasteiger partial charge in [0.2, 0.25) is 0 Å². The summed E-state index contributed by atoms with van der Waals surface area (Å²) in [6.45, 7) is 6.58. The Morgan fingerprint density at radius 1 is 1.20 bits per heavy atom. The first kappa shape index (κ1) is 23.9. The molecule has 2 aromatic rings. The summed E-state index contributed by atoms with van der Waals surface area (Å²) in [5, 5.41) is 14.1. The van der Waals surface area contributed by atoms with Gasteiger partial charge < -0.3 is 15.7 Å². The number of aromatic nitrogens is 1. The van der Waals surface area contributed by atoms with Crippen LogP contribution in [-0.2, 0) is 5.41 Å². The number of anilines is 1. The van der Waals surface area contributed by atoms with Crippen molar-refractivity contribution >= 4 is 22.5 Å². The summed E-state index contributed by atoms with van der Waals surface area (Å²) in [6.07, 6.45) is -0.913. The van der Waals surface area contributed by atoms with Crippen molar-refractivity contribution in [2.75, 3.05) is 18.9 Å².